The molecule has 0 unspecified atom stereocenters. The minimum absolute atomic E-state index is 0.141. The second-order valence-electron chi connectivity index (χ2n) is 7.67. The summed E-state index contributed by atoms with van der Waals surface area (Å²) < 4.78 is 50.0. The van der Waals surface area contributed by atoms with Gasteiger partial charge >= 0.3 is 0 Å². The van der Waals surface area contributed by atoms with Crippen molar-refractivity contribution in [3.8, 4) is 23.0 Å². The lowest BCUT2D eigenvalue weighted by molar-refractivity contribution is 0.280. The van der Waals surface area contributed by atoms with Crippen LogP contribution in [0.5, 0.6) is 23.0 Å². The molecule has 1 aromatic heterocycles. The van der Waals surface area contributed by atoms with Gasteiger partial charge in [0.2, 0.25) is 5.95 Å². The molecular formula is C24H27F2N5O4. The first kappa shape index (κ1) is 24.3. The van der Waals surface area contributed by atoms with Crippen molar-refractivity contribution in [2.24, 2.45) is 0 Å². The molecule has 35 heavy (non-hydrogen) atoms. The van der Waals surface area contributed by atoms with E-state index in [0.29, 0.717) is 5.95 Å². The number of piperazine rings is 1. The quantitative estimate of drug-likeness (QED) is 0.471. The van der Waals surface area contributed by atoms with E-state index in [2.05, 4.69) is 25.5 Å². The highest BCUT2D eigenvalue weighted by Crippen LogP contribution is 2.33. The summed E-state index contributed by atoms with van der Waals surface area (Å²) >= 11 is 0. The number of rotatable bonds is 9. The first-order valence-corrected chi connectivity index (χ1v) is 11.0. The fourth-order valence-electron chi connectivity index (χ4n) is 3.72. The van der Waals surface area contributed by atoms with Crippen LogP contribution in [0.25, 0.3) is 0 Å². The van der Waals surface area contributed by atoms with Crippen molar-refractivity contribution in [3.05, 3.63) is 53.9 Å². The molecule has 3 aromatic rings. The molecule has 1 aliphatic rings. The van der Waals surface area contributed by atoms with Crippen LogP contribution in [0.3, 0.4) is 0 Å². The highest BCUT2D eigenvalue weighted by Gasteiger charge is 2.21. The lowest BCUT2D eigenvalue weighted by Crippen LogP contribution is -2.43. The van der Waals surface area contributed by atoms with Gasteiger partial charge in [0.25, 0.3) is 0 Å². The molecular weight excluding hydrogens is 460 g/mol. The number of methoxy groups -OCH3 is 3. The number of anilines is 3. The van der Waals surface area contributed by atoms with Gasteiger partial charge in [-0.1, -0.05) is 0 Å². The highest BCUT2D eigenvalue weighted by atomic mass is 19.1. The molecule has 0 radical (unpaired) electrons. The molecule has 9 nitrogen and oxygen atoms in total. The molecule has 2 N–H and O–H groups in total. The molecule has 1 fully saturated rings. The molecule has 0 saturated carbocycles. The third kappa shape index (κ3) is 5.46. The minimum atomic E-state index is -0.857. The molecule has 0 aliphatic carbocycles. The smallest absolute Gasteiger partial charge is 0.227 e. The molecule has 2 aromatic carbocycles. The van der Waals surface area contributed by atoms with Gasteiger partial charge in [0.1, 0.15) is 12.4 Å². The van der Waals surface area contributed by atoms with Gasteiger partial charge < -0.3 is 34.5 Å². The third-order valence-corrected chi connectivity index (χ3v) is 5.57. The van der Waals surface area contributed by atoms with E-state index in [1.54, 1.807) is 7.11 Å². The Kier molecular flexibility index (Phi) is 7.66. The Labute approximate surface area is 202 Å². The summed E-state index contributed by atoms with van der Waals surface area (Å²) in [4.78, 5) is 10.7. The standard InChI is InChI=1S/C24H27F2N5O4/c1-32-19-5-4-15(10-18(19)31-8-6-27-7-9-31)30-24-28-12-16(13-29-24)35-14-17-22(25)20(33-2)11-21(34-3)23(17)26/h4-5,10-13,27H,6-9,14H2,1-3H3,(H,28,29,30). The van der Waals surface area contributed by atoms with E-state index in [4.69, 9.17) is 18.9 Å². The fraction of sp³-hybridized carbons (Fsp3) is 0.333. The predicted molar refractivity (Wildman–Crippen MR) is 127 cm³/mol. The normalized spacial score (nSPS) is 13.3. The van der Waals surface area contributed by atoms with Crippen molar-refractivity contribution in [2.45, 2.75) is 6.61 Å². The number of nitrogens with zero attached hydrogens (tertiary/aromatic N) is 3. The minimum Gasteiger partial charge on any atom is -0.495 e. The Bertz CT molecular complexity index is 1130. The maximum absolute atomic E-state index is 14.5. The lowest BCUT2D eigenvalue weighted by Gasteiger charge is -2.30. The summed E-state index contributed by atoms with van der Waals surface area (Å²) in [5, 5.41) is 6.49. The van der Waals surface area contributed by atoms with Crippen molar-refractivity contribution >= 4 is 17.3 Å². The fourth-order valence-corrected chi connectivity index (χ4v) is 3.72. The Balaban J connectivity index is 1.45. The topological polar surface area (TPSA) is 90.0 Å². The summed E-state index contributed by atoms with van der Waals surface area (Å²) in [6.45, 7) is 3.17. The maximum Gasteiger partial charge on any atom is 0.227 e. The van der Waals surface area contributed by atoms with E-state index in [1.165, 1.54) is 26.6 Å². The SMILES string of the molecule is COc1ccc(Nc2ncc(OCc3c(F)c(OC)cc(OC)c3F)cn2)cc1N1CCNCC1. The lowest BCUT2D eigenvalue weighted by atomic mass is 10.1. The Morgan fingerprint density at radius 1 is 0.914 bits per heavy atom. The molecule has 11 heteroatoms. The van der Waals surface area contributed by atoms with Crippen LogP contribution >= 0.6 is 0 Å². The van der Waals surface area contributed by atoms with Crippen LogP contribution in [0.4, 0.5) is 26.1 Å². The molecule has 0 bridgehead atoms. The summed E-state index contributed by atoms with van der Waals surface area (Å²) in [6, 6.07) is 6.90. The van der Waals surface area contributed by atoms with E-state index >= 15 is 0 Å². The number of benzene rings is 2. The number of hydrogen-bond donors (Lipinski definition) is 2. The largest absolute Gasteiger partial charge is 0.495 e. The molecule has 0 atom stereocenters. The maximum atomic E-state index is 14.5. The number of halogens is 2. The van der Waals surface area contributed by atoms with E-state index in [-0.39, 0.29) is 22.8 Å². The Morgan fingerprint density at radius 3 is 2.14 bits per heavy atom. The van der Waals surface area contributed by atoms with E-state index in [0.717, 1.165) is 49.4 Å². The van der Waals surface area contributed by atoms with Crippen molar-refractivity contribution in [2.75, 3.05) is 57.7 Å². The second kappa shape index (κ2) is 11.0. The first-order valence-electron chi connectivity index (χ1n) is 11.0. The second-order valence-corrected chi connectivity index (χ2v) is 7.67. The van der Waals surface area contributed by atoms with Crippen molar-refractivity contribution in [3.63, 3.8) is 0 Å². The summed E-state index contributed by atoms with van der Waals surface area (Å²) in [5.74, 6) is -0.624. The van der Waals surface area contributed by atoms with Gasteiger partial charge in [-0.3, -0.25) is 0 Å². The molecule has 4 rings (SSSR count). The van der Waals surface area contributed by atoms with E-state index < -0.39 is 18.2 Å². The Hall–Kier alpha value is -3.86. The van der Waals surface area contributed by atoms with Crippen LogP contribution in [-0.2, 0) is 6.61 Å². The molecule has 1 saturated heterocycles. The number of aromatic nitrogens is 2. The summed E-state index contributed by atoms with van der Waals surface area (Å²) in [7, 11) is 4.22. The van der Waals surface area contributed by atoms with Crippen LogP contribution in [0.1, 0.15) is 5.56 Å². The van der Waals surface area contributed by atoms with Crippen LogP contribution in [0, 0.1) is 11.6 Å². The molecule has 186 valence electrons. The van der Waals surface area contributed by atoms with Gasteiger partial charge in [0.05, 0.1) is 45.0 Å². The molecule has 0 amide bonds. The van der Waals surface area contributed by atoms with Crippen LogP contribution < -0.4 is 34.5 Å². The highest BCUT2D eigenvalue weighted by molar-refractivity contribution is 5.68. The van der Waals surface area contributed by atoms with Crippen molar-refractivity contribution in [1.82, 2.24) is 15.3 Å². The average molecular weight is 488 g/mol. The van der Waals surface area contributed by atoms with E-state index in [1.807, 2.05) is 18.2 Å². The molecule has 1 aliphatic heterocycles. The number of nitrogens with one attached hydrogen (secondary N) is 2. The van der Waals surface area contributed by atoms with Gasteiger partial charge in [0.15, 0.2) is 28.9 Å². The predicted octanol–water partition coefficient (Wildman–Crippen LogP) is 3.51. The van der Waals surface area contributed by atoms with Crippen molar-refractivity contribution < 1.29 is 27.7 Å². The summed E-state index contributed by atoms with van der Waals surface area (Å²) in [5.41, 5.74) is 1.46. The van der Waals surface area contributed by atoms with Gasteiger partial charge in [-0.2, -0.15) is 0 Å². The zero-order chi connectivity index (χ0) is 24.8. The Morgan fingerprint density at radius 2 is 1.54 bits per heavy atom. The van der Waals surface area contributed by atoms with Gasteiger partial charge in [-0.25, -0.2) is 18.7 Å². The zero-order valence-electron chi connectivity index (χ0n) is 19.7. The van der Waals surface area contributed by atoms with Gasteiger partial charge in [-0.15, -0.1) is 0 Å². The van der Waals surface area contributed by atoms with Gasteiger partial charge in [-0.05, 0) is 18.2 Å². The van der Waals surface area contributed by atoms with Crippen LogP contribution in [0.15, 0.2) is 36.7 Å². The van der Waals surface area contributed by atoms with Crippen molar-refractivity contribution in [1.29, 1.82) is 0 Å². The molecule has 2 heterocycles. The average Bonchev–Trinajstić information content (AvgIpc) is 2.90. The molecule has 0 spiro atoms. The zero-order valence-corrected chi connectivity index (χ0v) is 19.7. The van der Waals surface area contributed by atoms with Crippen LogP contribution in [-0.4, -0.2) is 57.5 Å². The number of ether oxygens (including phenoxy) is 4. The van der Waals surface area contributed by atoms with Crippen LogP contribution in [0.2, 0.25) is 0 Å². The number of hydrogen-bond acceptors (Lipinski definition) is 9. The third-order valence-electron chi connectivity index (χ3n) is 5.57. The van der Waals surface area contributed by atoms with E-state index in [9.17, 15) is 8.78 Å². The first-order chi connectivity index (χ1) is 17.0. The summed E-state index contributed by atoms with van der Waals surface area (Å²) in [6.07, 6.45) is 2.84. The monoisotopic (exact) mass is 487 g/mol. The van der Waals surface area contributed by atoms with Gasteiger partial charge in [0, 0.05) is 37.9 Å².